The van der Waals surface area contributed by atoms with E-state index >= 15 is 0 Å². The van der Waals surface area contributed by atoms with Crippen molar-refractivity contribution in [3.63, 3.8) is 0 Å². The van der Waals surface area contributed by atoms with Gasteiger partial charge < -0.3 is 9.05 Å². The molecule has 0 bridgehead atoms. The van der Waals surface area contributed by atoms with Crippen LogP contribution in [0.2, 0.25) is 0 Å². The number of hydrogen-bond acceptors (Lipinski definition) is 4. The molecular formula is C29H56AlO5P. The third-order valence-electron chi connectivity index (χ3n) is 9.88. The van der Waals surface area contributed by atoms with Gasteiger partial charge in [0.05, 0.1) is 12.2 Å². The highest BCUT2D eigenvalue weighted by Gasteiger charge is 2.55. The number of rotatable bonds is 1. The number of phosphoric acid groups is 1. The largest absolute Gasteiger partial charge is 0.446 e. The molecule has 8 atom stereocenters. The fraction of sp³-hybridized carbons (Fsp3) is 1.00. The van der Waals surface area contributed by atoms with Gasteiger partial charge in [-0.1, -0.05) is 83.1 Å². The predicted octanol–water partition coefficient (Wildman–Crippen LogP) is 8.01. The third kappa shape index (κ3) is 7.21. The molecule has 0 amide bonds. The van der Waals surface area contributed by atoms with Crippen LogP contribution in [-0.4, -0.2) is 34.3 Å². The Morgan fingerprint density at radius 3 is 1.19 bits per heavy atom. The summed E-state index contributed by atoms with van der Waals surface area (Å²) in [4.78, 5) is 0. The molecule has 1 saturated heterocycles. The van der Waals surface area contributed by atoms with Crippen molar-refractivity contribution < 1.29 is 22.7 Å². The van der Waals surface area contributed by atoms with E-state index in [0.29, 0.717) is 35.5 Å². The molecule has 1 aliphatic heterocycles. The van der Waals surface area contributed by atoms with Gasteiger partial charge in [0.1, 0.15) is 0 Å². The summed E-state index contributed by atoms with van der Waals surface area (Å²) in [5.74, 6) is 2.57. The van der Waals surface area contributed by atoms with Crippen molar-refractivity contribution in [1.82, 2.24) is 0 Å². The van der Waals surface area contributed by atoms with Crippen LogP contribution in [0, 0.1) is 57.2 Å². The molecule has 3 aliphatic rings. The molecule has 36 heavy (non-hydrogen) atoms. The second kappa shape index (κ2) is 10.9. The summed E-state index contributed by atoms with van der Waals surface area (Å²) in [5, 5.41) is 0. The lowest BCUT2D eigenvalue weighted by Crippen LogP contribution is -2.52. The van der Waals surface area contributed by atoms with E-state index in [0.717, 1.165) is 32.1 Å². The minimum absolute atomic E-state index is 0. The molecule has 2 radical (unpaired) electrons. The molecule has 0 aromatic carbocycles. The third-order valence-corrected chi connectivity index (χ3v) is 11.9. The Kier molecular flexibility index (Phi) is 9.91. The molecule has 210 valence electrons. The number of phosphoric ester groups is 1. The molecule has 8 unspecified atom stereocenters. The van der Waals surface area contributed by atoms with Crippen LogP contribution in [0.1, 0.15) is 115 Å². The molecule has 2 aliphatic carbocycles. The number of hydrogen-bond donors (Lipinski definition) is 0. The fourth-order valence-electron chi connectivity index (χ4n) is 7.38. The summed E-state index contributed by atoms with van der Waals surface area (Å²) in [7, 11) is -3.72. The van der Waals surface area contributed by atoms with Crippen molar-refractivity contribution in [2.45, 2.75) is 127 Å². The first kappa shape index (κ1) is 32.8. The minimum atomic E-state index is -3.72. The average Bonchev–Trinajstić information content (AvgIpc) is 2.65. The van der Waals surface area contributed by atoms with E-state index in [1.165, 1.54) is 0 Å². The van der Waals surface area contributed by atoms with Crippen LogP contribution in [-0.2, 0) is 17.2 Å². The minimum Gasteiger partial charge on any atom is -0.435 e. The van der Waals surface area contributed by atoms with Gasteiger partial charge in [0.2, 0.25) is 0 Å². The van der Waals surface area contributed by atoms with Gasteiger partial charge in [-0.3, -0.25) is 9.05 Å². The zero-order valence-corrected chi connectivity index (χ0v) is 27.4. The standard InChI is InChI=1S/C29H55O4P.Al.H2O/c1-26(2,3)20-14-18-13-19-15-21(27(4,5)6)17-23(29(10,11)12)25(19)33-34(30,31)32-24(18)22(16-20)28(7,8)9;;/h18-25H,13-17H2,1-12H3,(H,30,31);;1H2/q;+1;/p-1. The van der Waals surface area contributed by atoms with Crippen LogP contribution in [0.3, 0.4) is 0 Å². The lowest BCUT2D eigenvalue weighted by Gasteiger charge is -2.56. The van der Waals surface area contributed by atoms with Crippen molar-refractivity contribution in [3.8, 4) is 0 Å². The van der Waals surface area contributed by atoms with E-state index in [-0.39, 0.29) is 39.3 Å². The lowest BCUT2D eigenvalue weighted by atomic mass is 9.55. The number of fused-ring (bicyclic) bond motifs is 2. The van der Waals surface area contributed by atoms with Crippen molar-refractivity contribution in [2.24, 2.45) is 57.2 Å². The zero-order valence-electron chi connectivity index (χ0n) is 25.3. The summed E-state index contributed by atoms with van der Waals surface area (Å²) in [6, 6.07) is 0. The van der Waals surface area contributed by atoms with E-state index in [1.54, 1.807) is 0 Å². The lowest BCUT2D eigenvalue weighted by molar-refractivity contribution is -0.127. The first-order valence-corrected chi connectivity index (χ1v) is 15.9. The maximum absolute atomic E-state index is 14.1. The highest BCUT2D eigenvalue weighted by molar-refractivity contribution is 7.49. The molecule has 3 fully saturated rings. The summed E-state index contributed by atoms with van der Waals surface area (Å²) >= 11 is 2.20. The van der Waals surface area contributed by atoms with E-state index in [4.69, 9.17) is 12.6 Å². The van der Waals surface area contributed by atoms with Gasteiger partial charge in [-0.05, 0) is 89.3 Å². The van der Waals surface area contributed by atoms with Crippen LogP contribution >= 0.6 is 7.82 Å². The summed E-state index contributed by atoms with van der Waals surface area (Å²) in [5.41, 5.74) is 0.571. The summed E-state index contributed by atoms with van der Waals surface area (Å²) in [6.07, 6.45) is 5.31. The van der Waals surface area contributed by atoms with Gasteiger partial charge in [-0.15, -0.1) is 0 Å². The van der Waals surface area contributed by atoms with Gasteiger partial charge in [0.25, 0.3) is 0 Å². The van der Waals surface area contributed by atoms with Gasteiger partial charge in [0, 0.05) is 0 Å². The van der Waals surface area contributed by atoms with Crippen LogP contribution in [0.4, 0.5) is 0 Å². The Bertz CT molecular complexity index is 727. The van der Waals surface area contributed by atoms with Gasteiger partial charge >= 0.3 is 24.4 Å². The molecular weight excluding hydrogens is 486 g/mol. The van der Waals surface area contributed by atoms with Crippen LogP contribution in [0.15, 0.2) is 0 Å². The monoisotopic (exact) mass is 542 g/mol. The van der Waals surface area contributed by atoms with Crippen LogP contribution in [0.25, 0.3) is 0 Å². The second-order valence-corrected chi connectivity index (χ2v) is 18.6. The fourth-order valence-corrected chi connectivity index (χ4v) is 9.06. The van der Waals surface area contributed by atoms with Crippen molar-refractivity contribution >= 4 is 24.4 Å². The Morgan fingerprint density at radius 2 is 0.944 bits per heavy atom. The van der Waals surface area contributed by atoms with Gasteiger partial charge in [-0.25, -0.2) is 4.57 Å². The summed E-state index contributed by atoms with van der Waals surface area (Å²) < 4.78 is 32.7. The first-order valence-electron chi connectivity index (χ1n) is 14.0. The topological polar surface area (TPSA) is 76.3 Å². The predicted molar refractivity (Wildman–Crippen MR) is 150 cm³/mol. The van der Waals surface area contributed by atoms with Crippen molar-refractivity contribution in [3.05, 3.63) is 0 Å². The smallest absolute Gasteiger partial charge is 0.435 e. The van der Waals surface area contributed by atoms with E-state index in [9.17, 15) is 4.57 Å². The molecule has 1 heterocycles. The van der Waals surface area contributed by atoms with Crippen LogP contribution in [0.5, 0.6) is 0 Å². The molecule has 0 spiro atoms. The average molecular weight is 543 g/mol. The molecule has 3 rings (SSSR count). The molecule has 5 nitrogen and oxygen atoms in total. The van der Waals surface area contributed by atoms with E-state index in [1.807, 2.05) is 0 Å². The Hall–Kier alpha value is 0.602. The van der Waals surface area contributed by atoms with E-state index in [2.05, 4.69) is 99.7 Å². The quantitative estimate of drug-likeness (QED) is 0.248. The Morgan fingerprint density at radius 1 is 0.611 bits per heavy atom. The molecule has 0 aromatic rings. The highest BCUT2D eigenvalue weighted by atomic mass is 31.2. The SMILES string of the molecule is CC(C)(C)C1CC2CC3CC(C(C)(C)C)CC(C(C)(C)C)C3OP(=O)([O][Al])OC2C(C(C)(C)C)C1.O. The van der Waals surface area contributed by atoms with Crippen molar-refractivity contribution in [1.29, 1.82) is 0 Å². The van der Waals surface area contributed by atoms with E-state index < -0.39 is 7.82 Å². The Balaban J connectivity index is 0.00000456. The van der Waals surface area contributed by atoms with Crippen LogP contribution < -0.4 is 0 Å². The van der Waals surface area contributed by atoms with Gasteiger partial charge in [0.15, 0.2) is 0 Å². The maximum atomic E-state index is 14.1. The van der Waals surface area contributed by atoms with Crippen molar-refractivity contribution in [2.75, 3.05) is 0 Å². The molecule has 7 heteroatoms. The maximum Gasteiger partial charge on any atom is 0.446 e. The van der Waals surface area contributed by atoms with Gasteiger partial charge in [-0.2, -0.15) is 0 Å². The molecule has 0 aromatic heterocycles. The second-order valence-electron chi connectivity index (χ2n) is 16.5. The Labute approximate surface area is 231 Å². The first-order chi connectivity index (χ1) is 15.7. The molecule has 2 saturated carbocycles. The summed E-state index contributed by atoms with van der Waals surface area (Å²) in [6.45, 7) is 28.2. The normalized spacial score (nSPS) is 40.8. The molecule has 2 N–H and O–H groups in total. The highest BCUT2D eigenvalue weighted by Crippen LogP contribution is 2.64. The zero-order chi connectivity index (χ0) is 26.8.